The van der Waals surface area contributed by atoms with E-state index in [1.807, 2.05) is 12.1 Å². The van der Waals surface area contributed by atoms with Crippen LogP contribution in [-0.2, 0) is 13.1 Å². The van der Waals surface area contributed by atoms with E-state index in [4.69, 9.17) is 0 Å². The molecule has 0 radical (unpaired) electrons. The van der Waals surface area contributed by atoms with E-state index >= 15 is 0 Å². The number of hydrogen-bond donors (Lipinski definition) is 1. The van der Waals surface area contributed by atoms with Gasteiger partial charge < -0.3 is 9.67 Å². The highest BCUT2D eigenvalue weighted by molar-refractivity contribution is 5.18. The van der Waals surface area contributed by atoms with Gasteiger partial charge in [-0.3, -0.25) is 4.90 Å². The average molecular weight is 361 g/mol. The molecule has 0 unspecified atom stereocenters. The highest BCUT2D eigenvalue weighted by Gasteiger charge is 2.17. The molecule has 3 nitrogen and oxygen atoms in total. The van der Waals surface area contributed by atoms with Crippen LogP contribution in [-0.4, -0.2) is 33.8 Å². The molecule has 26 heavy (non-hydrogen) atoms. The lowest BCUT2D eigenvalue weighted by Crippen LogP contribution is -2.36. The van der Waals surface area contributed by atoms with Crippen LogP contribution in [0, 0.1) is 17.7 Å². The molecule has 0 spiro atoms. The molecule has 1 aromatic heterocycles. The van der Waals surface area contributed by atoms with Gasteiger partial charge in [0, 0.05) is 31.5 Å². The molecule has 0 amide bonds. The summed E-state index contributed by atoms with van der Waals surface area (Å²) in [5, 5.41) is 10.3. The van der Waals surface area contributed by atoms with E-state index in [0.29, 0.717) is 12.5 Å². The zero-order chi connectivity index (χ0) is 19.1. The van der Waals surface area contributed by atoms with Gasteiger partial charge in [0.05, 0.1) is 6.10 Å². The van der Waals surface area contributed by atoms with Crippen molar-refractivity contribution >= 4 is 0 Å². The van der Waals surface area contributed by atoms with Crippen molar-refractivity contribution in [2.75, 3.05) is 13.1 Å². The van der Waals surface area contributed by atoms with Crippen LogP contribution in [0.15, 0.2) is 42.6 Å². The van der Waals surface area contributed by atoms with Gasteiger partial charge in [0.15, 0.2) is 0 Å². The van der Waals surface area contributed by atoms with Crippen molar-refractivity contribution < 1.29 is 9.50 Å². The number of rotatable bonds is 10. The van der Waals surface area contributed by atoms with Gasteiger partial charge in [0.1, 0.15) is 5.82 Å². The molecule has 2 aromatic rings. The van der Waals surface area contributed by atoms with E-state index in [2.05, 4.69) is 55.5 Å². The second-order valence-corrected chi connectivity index (χ2v) is 7.98. The Morgan fingerprint density at radius 3 is 2.38 bits per heavy atom. The SMILES string of the molecule is CC(C)CCN(Cc1cccn1Cc1ccc(F)cc1)C[C@H](O)C(C)C. The summed E-state index contributed by atoms with van der Waals surface area (Å²) in [6, 6.07) is 10.9. The predicted molar refractivity (Wildman–Crippen MR) is 106 cm³/mol. The topological polar surface area (TPSA) is 28.4 Å². The Kier molecular flexibility index (Phi) is 7.85. The molecule has 1 heterocycles. The van der Waals surface area contributed by atoms with Crippen LogP contribution in [0.5, 0.6) is 0 Å². The fourth-order valence-corrected chi connectivity index (χ4v) is 2.91. The molecule has 0 saturated carbocycles. The third kappa shape index (κ3) is 6.58. The molecule has 2 rings (SSSR count). The van der Waals surface area contributed by atoms with Crippen LogP contribution in [0.2, 0.25) is 0 Å². The lowest BCUT2D eigenvalue weighted by atomic mass is 10.1. The number of aliphatic hydroxyl groups excluding tert-OH is 1. The molecular formula is C22H33FN2O. The maximum Gasteiger partial charge on any atom is 0.123 e. The summed E-state index contributed by atoms with van der Waals surface area (Å²) >= 11 is 0. The monoisotopic (exact) mass is 360 g/mol. The first-order chi connectivity index (χ1) is 12.3. The van der Waals surface area contributed by atoms with Gasteiger partial charge in [0.25, 0.3) is 0 Å². The Balaban J connectivity index is 2.07. The van der Waals surface area contributed by atoms with E-state index in [1.165, 1.54) is 17.8 Å². The summed E-state index contributed by atoms with van der Waals surface area (Å²) in [7, 11) is 0. The predicted octanol–water partition coefficient (Wildman–Crippen LogP) is 4.54. The second-order valence-electron chi connectivity index (χ2n) is 7.98. The minimum atomic E-state index is -0.317. The van der Waals surface area contributed by atoms with Crippen molar-refractivity contribution in [3.05, 3.63) is 59.7 Å². The van der Waals surface area contributed by atoms with Crippen LogP contribution in [0.25, 0.3) is 0 Å². The minimum Gasteiger partial charge on any atom is -0.392 e. The summed E-state index contributed by atoms with van der Waals surface area (Å²) in [4.78, 5) is 2.35. The van der Waals surface area contributed by atoms with Gasteiger partial charge in [-0.15, -0.1) is 0 Å². The zero-order valence-corrected chi connectivity index (χ0v) is 16.5. The summed E-state index contributed by atoms with van der Waals surface area (Å²) in [5.74, 6) is 0.686. The quantitative estimate of drug-likeness (QED) is 0.674. The molecule has 1 aromatic carbocycles. The first-order valence-corrected chi connectivity index (χ1v) is 9.64. The average Bonchev–Trinajstić information content (AvgIpc) is 3.01. The van der Waals surface area contributed by atoms with Crippen LogP contribution >= 0.6 is 0 Å². The third-order valence-electron chi connectivity index (χ3n) is 4.81. The van der Waals surface area contributed by atoms with Crippen molar-refractivity contribution in [1.82, 2.24) is 9.47 Å². The van der Waals surface area contributed by atoms with Gasteiger partial charge in [-0.25, -0.2) is 4.39 Å². The largest absolute Gasteiger partial charge is 0.392 e. The van der Waals surface area contributed by atoms with Crippen molar-refractivity contribution in [3.8, 4) is 0 Å². The van der Waals surface area contributed by atoms with E-state index in [1.54, 1.807) is 0 Å². The maximum absolute atomic E-state index is 13.1. The summed E-state index contributed by atoms with van der Waals surface area (Å²) < 4.78 is 15.3. The molecule has 0 saturated heterocycles. The molecule has 0 fully saturated rings. The van der Waals surface area contributed by atoms with Gasteiger partial charge in [-0.2, -0.15) is 0 Å². The van der Waals surface area contributed by atoms with Gasteiger partial charge in [-0.1, -0.05) is 39.8 Å². The van der Waals surface area contributed by atoms with Crippen LogP contribution < -0.4 is 0 Å². The number of halogens is 1. The Bertz CT molecular complexity index is 648. The third-order valence-corrected chi connectivity index (χ3v) is 4.81. The number of hydrogen-bond acceptors (Lipinski definition) is 2. The molecule has 1 N–H and O–H groups in total. The molecule has 0 aliphatic heterocycles. The molecular weight excluding hydrogens is 327 g/mol. The number of aliphatic hydroxyl groups is 1. The first-order valence-electron chi connectivity index (χ1n) is 9.64. The molecule has 0 bridgehead atoms. The molecule has 144 valence electrons. The van der Waals surface area contributed by atoms with Crippen LogP contribution in [0.1, 0.15) is 45.4 Å². The van der Waals surface area contributed by atoms with Crippen molar-refractivity contribution in [2.45, 2.75) is 53.3 Å². The standard InChI is InChI=1S/C22H33FN2O/c1-17(2)11-13-24(16-22(26)18(3)4)15-21-6-5-12-25(21)14-19-7-9-20(23)10-8-19/h5-10,12,17-18,22,26H,11,13-16H2,1-4H3/t22-/m0/s1. The lowest BCUT2D eigenvalue weighted by molar-refractivity contribution is 0.0702. The zero-order valence-electron chi connectivity index (χ0n) is 16.5. The van der Waals surface area contributed by atoms with E-state index < -0.39 is 0 Å². The van der Waals surface area contributed by atoms with E-state index in [0.717, 1.165) is 31.6 Å². The first kappa shape index (κ1) is 20.7. The number of aromatic nitrogens is 1. The fourth-order valence-electron chi connectivity index (χ4n) is 2.91. The smallest absolute Gasteiger partial charge is 0.123 e. The van der Waals surface area contributed by atoms with E-state index in [-0.39, 0.29) is 17.8 Å². The number of benzene rings is 1. The van der Waals surface area contributed by atoms with Gasteiger partial charge >= 0.3 is 0 Å². The maximum atomic E-state index is 13.1. The van der Waals surface area contributed by atoms with Gasteiger partial charge in [0.2, 0.25) is 0 Å². The van der Waals surface area contributed by atoms with Crippen molar-refractivity contribution in [3.63, 3.8) is 0 Å². The second kappa shape index (κ2) is 9.89. The van der Waals surface area contributed by atoms with Crippen molar-refractivity contribution in [1.29, 1.82) is 0 Å². The Morgan fingerprint density at radius 1 is 1.08 bits per heavy atom. The minimum absolute atomic E-state index is 0.205. The van der Waals surface area contributed by atoms with Crippen LogP contribution in [0.3, 0.4) is 0 Å². The number of nitrogens with zero attached hydrogens (tertiary/aromatic N) is 2. The highest BCUT2D eigenvalue weighted by atomic mass is 19.1. The van der Waals surface area contributed by atoms with E-state index in [9.17, 15) is 9.50 Å². The summed E-state index contributed by atoms with van der Waals surface area (Å²) in [5.41, 5.74) is 2.30. The molecule has 0 aliphatic rings. The Labute approximate surface area is 157 Å². The Hall–Kier alpha value is -1.65. The fraction of sp³-hybridized carbons (Fsp3) is 0.545. The molecule has 1 atom stereocenters. The summed E-state index contributed by atoms with van der Waals surface area (Å²) in [6.07, 6.45) is 2.87. The lowest BCUT2D eigenvalue weighted by Gasteiger charge is -2.28. The Morgan fingerprint density at radius 2 is 1.77 bits per heavy atom. The van der Waals surface area contributed by atoms with Crippen molar-refractivity contribution in [2.24, 2.45) is 11.8 Å². The highest BCUT2D eigenvalue weighted by Crippen LogP contribution is 2.14. The normalized spacial score (nSPS) is 13.1. The molecule has 0 aliphatic carbocycles. The van der Waals surface area contributed by atoms with Gasteiger partial charge in [-0.05, 0) is 54.6 Å². The molecule has 4 heteroatoms. The summed E-state index contributed by atoms with van der Waals surface area (Å²) in [6.45, 7) is 11.8. The van der Waals surface area contributed by atoms with Crippen LogP contribution in [0.4, 0.5) is 4.39 Å².